The number of nitrogens with zero attached hydrogens (tertiary/aromatic N) is 2. The van der Waals surface area contributed by atoms with Gasteiger partial charge in [0.2, 0.25) is 5.91 Å². The smallest absolute Gasteiger partial charge is 0.248 e. The Labute approximate surface area is 213 Å². The molecule has 190 valence electrons. The second kappa shape index (κ2) is 11.5. The second-order valence-electron chi connectivity index (χ2n) is 10.3. The average molecular weight is 502 g/mol. The van der Waals surface area contributed by atoms with Crippen molar-refractivity contribution in [3.63, 3.8) is 0 Å². The molecule has 0 aliphatic carbocycles. The van der Waals surface area contributed by atoms with Gasteiger partial charge in [-0.3, -0.25) is 4.79 Å². The van der Waals surface area contributed by atoms with Crippen molar-refractivity contribution in [3.05, 3.63) is 64.9 Å². The van der Waals surface area contributed by atoms with Crippen molar-refractivity contribution in [1.82, 2.24) is 5.32 Å². The maximum atomic E-state index is 15.1. The van der Waals surface area contributed by atoms with E-state index in [9.17, 15) is 9.90 Å². The Balaban J connectivity index is 1.98. The van der Waals surface area contributed by atoms with Crippen molar-refractivity contribution in [2.75, 3.05) is 18.2 Å². The van der Waals surface area contributed by atoms with Crippen LogP contribution in [0, 0.1) is 17.2 Å². The van der Waals surface area contributed by atoms with E-state index in [0.29, 0.717) is 29.3 Å². The number of halogens is 2. The molecule has 1 aliphatic rings. The maximum absolute atomic E-state index is 15.1. The van der Waals surface area contributed by atoms with Crippen LogP contribution in [0.4, 0.5) is 10.1 Å². The average Bonchev–Trinajstić information content (AvgIpc) is 3.14. The van der Waals surface area contributed by atoms with Gasteiger partial charge in [0.25, 0.3) is 0 Å². The summed E-state index contributed by atoms with van der Waals surface area (Å²) in [7, 11) is 0. The quantitative estimate of drug-likeness (QED) is 0.361. The van der Waals surface area contributed by atoms with Gasteiger partial charge in [0.05, 0.1) is 11.4 Å². The van der Waals surface area contributed by atoms with Gasteiger partial charge in [0.1, 0.15) is 11.4 Å². The standard InChI is InChI=1S/C28H37ClFN3O2/c1-5-6-13-23-25(22-15-14-20(29)18-24(22)30)32-33(21-11-8-7-9-12-21)28(23,4)26(35)31-17-10-16-27(2,3)19-34/h7-9,11-12,14-15,18,23,34H,5-6,10,13,16-17,19H2,1-4H3,(H,31,35). The summed E-state index contributed by atoms with van der Waals surface area (Å²) in [5.41, 5.74) is 0.486. The van der Waals surface area contributed by atoms with Gasteiger partial charge in [-0.05, 0) is 61.9 Å². The maximum Gasteiger partial charge on any atom is 0.248 e. The van der Waals surface area contributed by atoms with Gasteiger partial charge >= 0.3 is 0 Å². The van der Waals surface area contributed by atoms with Gasteiger partial charge in [-0.25, -0.2) is 9.40 Å². The monoisotopic (exact) mass is 501 g/mol. The second-order valence-corrected chi connectivity index (χ2v) is 10.7. The predicted molar refractivity (Wildman–Crippen MR) is 141 cm³/mol. The van der Waals surface area contributed by atoms with Crippen LogP contribution in [0.15, 0.2) is 53.6 Å². The Kier molecular flexibility index (Phi) is 8.94. The molecule has 0 fully saturated rings. The summed E-state index contributed by atoms with van der Waals surface area (Å²) in [5.74, 6) is -0.897. The molecule has 2 N–H and O–H groups in total. The van der Waals surface area contributed by atoms with Gasteiger partial charge in [0, 0.05) is 29.7 Å². The molecule has 1 aliphatic heterocycles. The molecular weight excluding hydrogens is 465 g/mol. The molecular formula is C28H37ClFN3O2. The van der Waals surface area contributed by atoms with Crippen LogP contribution in [0.2, 0.25) is 5.02 Å². The number of hydrazone groups is 1. The zero-order valence-electron chi connectivity index (χ0n) is 21.2. The summed E-state index contributed by atoms with van der Waals surface area (Å²) in [6.45, 7) is 8.61. The van der Waals surface area contributed by atoms with E-state index in [4.69, 9.17) is 16.7 Å². The van der Waals surface area contributed by atoms with Crippen LogP contribution in [0.5, 0.6) is 0 Å². The van der Waals surface area contributed by atoms with E-state index < -0.39 is 11.4 Å². The lowest BCUT2D eigenvalue weighted by atomic mass is 9.76. The van der Waals surface area contributed by atoms with Crippen LogP contribution in [0.25, 0.3) is 0 Å². The number of nitrogens with one attached hydrogen (secondary N) is 1. The fraction of sp³-hybridized carbons (Fsp3) is 0.500. The summed E-state index contributed by atoms with van der Waals surface area (Å²) < 4.78 is 15.1. The normalized spacial score (nSPS) is 20.1. The molecule has 0 radical (unpaired) electrons. The summed E-state index contributed by atoms with van der Waals surface area (Å²) >= 11 is 6.02. The molecule has 0 bridgehead atoms. The fourth-order valence-electron chi connectivity index (χ4n) is 4.64. The molecule has 2 aromatic rings. The lowest BCUT2D eigenvalue weighted by Crippen LogP contribution is -2.58. The lowest BCUT2D eigenvalue weighted by molar-refractivity contribution is -0.126. The number of anilines is 1. The van der Waals surface area contributed by atoms with Crippen LogP contribution in [-0.4, -0.2) is 35.4 Å². The van der Waals surface area contributed by atoms with Crippen LogP contribution >= 0.6 is 11.6 Å². The molecule has 7 heteroatoms. The van der Waals surface area contributed by atoms with E-state index in [2.05, 4.69) is 12.2 Å². The first-order chi connectivity index (χ1) is 16.6. The molecule has 2 unspecified atom stereocenters. The van der Waals surface area contributed by atoms with Gasteiger partial charge < -0.3 is 10.4 Å². The van der Waals surface area contributed by atoms with Crippen LogP contribution < -0.4 is 10.3 Å². The third-order valence-corrected chi connectivity index (χ3v) is 7.15. The molecule has 1 heterocycles. The predicted octanol–water partition coefficient (Wildman–Crippen LogP) is 6.18. The molecule has 1 amide bonds. The van der Waals surface area contributed by atoms with Crippen molar-refractivity contribution < 1.29 is 14.3 Å². The minimum atomic E-state index is -1.04. The summed E-state index contributed by atoms with van der Waals surface area (Å²) in [4.78, 5) is 13.8. The lowest BCUT2D eigenvalue weighted by Gasteiger charge is -2.38. The van der Waals surface area contributed by atoms with E-state index in [1.54, 1.807) is 17.1 Å². The summed E-state index contributed by atoms with van der Waals surface area (Å²) in [6.07, 6.45) is 4.07. The Morgan fingerprint density at radius 1 is 1.23 bits per heavy atom. The molecule has 0 saturated heterocycles. The number of unbranched alkanes of at least 4 members (excludes halogenated alkanes) is 1. The highest BCUT2D eigenvalue weighted by Crippen LogP contribution is 2.42. The van der Waals surface area contributed by atoms with Crippen molar-refractivity contribution in [1.29, 1.82) is 0 Å². The van der Waals surface area contributed by atoms with Gasteiger partial charge in [-0.15, -0.1) is 0 Å². The van der Waals surface area contributed by atoms with Gasteiger partial charge in [0.15, 0.2) is 0 Å². The fourth-order valence-corrected chi connectivity index (χ4v) is 4.80. The number of para-hydroxylation sites is 1. The number of hydrogen-bond acceptors (Lipinski definition) is 4. The minimum absolute atomic E-state index is 0.101. The molecule has 0 spiro atoms. The van der Waals surface area contributed by atoms with Crippen LogP contribution in [0.1, 0.15) is 65.4 Å². The summed E-state index contributed by atoms with van der Waals surface area (Å²) in [6, 6.07) is 14.2. The third kappa shape index (κ3) is 6.04. The number of benzene rings is 2. The SMILES string of the molecule is CCCCC1C(c2ccc(Cl)cc2F)=NN(c2ccccc2)C1(C)C(=O)NCCCC(C)(C)CO. The first kappa shape index (κ1) is 27.2. The molecule has 35 heavy (non-hydrogen) atoms. The Hall–Kier alpha value is -2.44. The van der Waals surface area contributed by atoms with Crippen molar-refractivity contribution in [3.8, 4) is 0 Å². The highest BCUT2D eigenvalue weighted by atomic mass is 35.5. The molecule has 3 rings (SSSR count). The Morgan fingerprint density at radius 3 is 2.57 bits per heavy atom. The van der Waals surface area contributed by atoms with E-state index in [1.807, 2.05) is 51.1 Å². The van der Waals surface area contributed by atoms with E-state index in [1.165, 1.54) is 6.07 Å². The summed E-state index contributed by atoms with van der Waals surface area (Å²) in [5, 5.41) is 19.6. The van der Waals surface area contributed by atoms with E-state index >= 15 is 4.39 Å². The van der Waals surface area contributed by atoms with Gasteiger partial charge in [-0.2, -0.15) is 5.10 Å². The highest BCUT2D eigenvalue weighted by molar-refractivity contribution is 6.30. The minimum Gasteiger partial charge on any atom is -0.396 e. The van der Waals surface area contributed by atoms with Crippen LogP contribution in [0.3, 0.4) is 0 Å². The molecule has 5 nitrogen and oxygen atoms in total. The Morgan fingerprint density at radius 2 is 1.94 bits per heavy atom. The Bertz CT molecular complexity index is 1040. The molecule has 2 atom stereocenters. The van der Waals surface area contributed by atoms with Crippen molar-refractivity contribution in [2.24, 2.45) is 16.4 Å². The zero-order valence-corrected chi connectivity index (χ0v) is 21.9. The van der Waals surface area contributed by atoms with Crippen molar-refractivity contribution >= 4 is 28.9 Å². The topological polar surface area (TPSA) is 64.9 Å². The van der Waals surface area contributed by atoms with Crippen molar-refractivity contribution in [2.45, 2.75) is 65.3 Å². The number of carbonyl (C=O) groups excluding carboxylic acids is 1. The zero-order chi connectivity index (χ0) is 25.6. The van der Waals surface area contributed by atoms with E-state index in [-0.39, 0.29) is 23.8 Å². The third-order valence-electron chi connectivity index (χ3n) is 6.91. The molecule has 0 aromatic heterocycles. The van der Waals surface area contributed by atoms with E-state index in [0.717, 1.165) is 31.4 Å². The number of hydrogen-bond donors (Lipinski definition) is 2. The largest absolute Gasteiger partial charge is 0.396 e. The number of amides is 1. The first-order valence-electron chi connectivity index (χ1n) is 12.4. The number of carbonyl (C=O) groups is 1. The van der Waals surface area contributed by atoms with Gasteiger partial charge in [-0.1, -0.05) is 63.4 Å². The number of aliphatic hydroxyl groups excluding tert-OH is 1. The van der Waals surface area contributed by atoms with Crippen LogP contribution in [-0.2, 0) is 4.79 Å². The molecule has 0 saturated carbocycles. The first-order valence-corrected chi connectivity index (χ1v) is 12.8. The number of aliphatic hydroxyl groups is 1. The highest BCUT2D eigenvalue weighted by Gasteiger charge is 2.53. The number of rotatable bonds is 11. The molecule has 2 aromatic carbocycles.